The average Bonchev–Trinajstić information content (AvgIpc) is 2.22. The minimum Gasteiger partial charge on any atom is -0.480 e. The first-order chi connectivity index (χ1) is 9.20. The summed E-state index contributed by atoms with van der Waals surface area (Å²) in [6.07, 6.45) is 0. The molecule has 0 heterocycles. The average molecular weight is 425 g/mol. The fourth-order valence-corrected chi connectivity index (χ4v) is 1.48. The van der Waals surface area contributed by atoms with Crippen LogP contribution in [0.2, 0.25) is 0 Å². The molecule has 0 bridgehead atoms. The van der Waals surface area contributed by atoms with Crippen molar-refractivity contribution in [2.24, 2.45) is 0 Å². The van der Waals surface area contributed by atoms with Crippen LogP contribution >= 0.6 is 0 Å². The molecule has 0 aromatic rings. The van der Waals surface area contributed by atoms with E-state index in [9.17, 15) is 19.2 Å². The molecule has 0 aliphatic heterocycles. The summed E-state index contributed by atoms with van der Waals surface area (Å²) < 4.78 is 0. The van der Waals surface area contributed by atoms with Crippen LogP contribution in [0.15, 0.2) is 0 Å². The largest absolute Gasteiger partial charge is 0.480 e. The Bertz CT molecular complexity index is 331. The first-order valence-corrected chi connectivity index (χ1v) is 5.52. The van der Waals surface area contributed by atoms with Gasteiger partial charge in [0.2, 0.25) is 0 Å². The number of aliphatic carboxylic acids is 4. The third-order valence-corrected chi connectivity index (χ3v) is 2.17. The zero-order valence-electron chi connectivity index (χ0n) is 12.9. The van der Waals surface area contributed by atoms with Crippen LogP contribution in [0.4, 0.5) is 0 Å². The molecule has 0 saturated carbocycles. The minimum absolute atomic E-state index is 0. The molecular weight excluding hydrogens is 409 g/mol. The van der Waals surface area contributed by atoms with Gasteiger partial charge in [-0.05, 0) is 0 Å². The smallest absolute Gasteiger partial charge is 0.317 e. The molecule has 0 aromatic heterocycles. The van der Waals surface area contributed by atoms with Crippen LogP contribution < -0.4 is 0 Å². The summed E-state index contributed by atoms with van der Waals surface area (Å²) in [5.74, 6) is -4.91. The van der Waals surface area contributed by atoms with Gasteiger partial charge in [0.25, 0.3) is 0 Å². The molecule has 0 saturated heterocycles. The van der Waals surface area contributed by atoms with E-state index in [0.29, 0.717) is 0 Å². The number of carbonyl (C=O) groups is 4. The first kappa shape index (κ1) is 32.3. The van der Waals surface area contributed by atoms with E-state index in [1.54, 1.807) is 0 Å². The molecule has 0 amide bonds. The number of nitrogens with zero attached hydrogens (tertiary/aromatic N) is 2. The van der Waals surface area contributed by atoms with E-state index in [0.717, 1.165) is 9.80 Å². The van der Waals surface area contributed by atoms with Crippen LogP contribution in [0, 0.1) is 0 Å². The molecule has 10 nitrogen and oxygen atoms in total. The van der Waals surface area contributed by atoms with Gasteiger partial charge in [0.05, 0.1) is 26.2 Å². The van der Waals surface area contributed by atoms with E-state index in [1.165, 1.54) is 0 Å². The molecule has 0 spiro atoms. The van der Waals surface area contributed by atoms with Crippen molar-refractivity contribution in [3.8, 4) is 0 Å². The van der Waals surface area contributed by atoms with Gasteiger partial charge in [-0.1, -0.05) is 0 Å². The predicted octanol–water partition coefficient (Wildman–Crippen LogP) is -2.84. The van der Waals surface area contributed by atoms with E-state index in [-0.39, 0.29) is 133 Å². The van der Waals surface area contributed by atoms with Crippen LogP contribution in [-0.2, 0) is 36.2 Å². The molecule has 3 radical (unpaired) electrons. The fraction of sp³-hybridized carbons (Fsp3) is 0.600. The van der Waals surface area contributed by atoms with E-state index < -0.39 is 50.1 Å². The Kier molecular flexibility index (Phi) is 25.8. The number of carboxylic acids is 4. The van der Waals surface area contributed by atoms with Gasteiger partial charge in [-0.3, -0.25) is 29.0 Å². The minimum atomic E-state index is -1.23. The summed E-state index contributed by atoms with van der Waals surface area (Å²) in [4.78, 5) is 44.4. The molecule has 23 heavy (non-hydrogen) atoms. The third-order valence-electron chi connectivity index (χ3n) is 2.17. The maximum atomic E-state index is 10.6. The third kappa shape index (κ3) is 21.5. The van der Waals surface area contributed by atoms with Gasteiger partial charge >= 0.3 is 23.9 Å². The van der Waals surface area contributed by atoms with E-state index in [2.05, 4.69) is 0 Å². The Labute approximate surface area is 228 Å². The van der Waals surface area contributed by atoms with E-state index in [1.807, 2.05) is 0 Å². The molecule has 0 aliphatic rings. The predicted molar refractivity (Wildman–Crippen MR) is 74.9 cm³/mol. The zero-order valence-corrected chi connectivity index (χ0v) is 20.4. The van der Waals surface area contributed by atoms with Gasteiger partial charge in [0, 0.05) is 133 Å². The maximum Gasteiger partial charge on any atom is 0.317 e. The Morgan fingerprint density at radius 2 is 0.739 bits per heavy atom. The number of rotatable bonds is 11. The molecule has 123 valence electrons. The summed E-state index contributed by atoms with van der Waals surface area (Å²) in [6.45, 7) is -2.25. The quantitative estimate of drug-likeness (QED) is 0.254. The van der Waals surface area contributed by atoms with Gasteiger partial charge in [-0.25, -0.2) is 0 Å². The topological polar surface area (TPSA) is 156 Å². The summed E-state index contributed by atoms with van der Waals surface area (Å²) in [7, 11) is 0. The molecule has 0 fully saturated rings. The Morgan fingerprint density at radius 1 is 0.565 bits per heavy atom. The standard InChI is InChI=1S/C10H16N2O8.2K.Mn/c13-7(14)3-11(4-8(15)16)1-2-12(5-9(17)18)6-10(19)20;;;/h1-6H2,(H,13,14)(H,15,16)(H,17,18)(H,19,20);;;. The van der Waals surface area contributed by atoms with Gasteiger partial charge in [0.15, 0.2) is 0 Å². The van der Waals surface area contributed by atoms with Crippen molar-refractivity contribution in [1.29, 1.82) is 0 Å². The molecule has 4 N–H and O–H groups in total. The van der Waals surface area contributed by atoms with E-state index in [4.69, 9.17) is 20.4 Å². The normalized spacial score (nSPS) is 9.30. The Hall–Kier alpha value is 1.59. The summed E-state index contributed by atoms with van der Waals surface area (Å²) in [6, 6.07) is 0. The number of hydrogen-bond donors (Lipinski definition) is 4. The van der Waals surface area contributed by atoms with Gasteiger partial charge in [-0.2, -0.15) is 0 Å². The summed E-state index contributed by atoms with van der Waals surface area (Å²) in [5, 5.41) is 34.5. The molecule has 13 heteroatoms. The molecule has 0 rings (SSSR count). The summed E-state index contributed by atoms with van der Waals surface area (Å²) >= 11 is 0. The van der Waals surface area contributed by atoms with Crippen LogP contribution in [0.3, 0.4) is 0 Å². The van der Waals surface area contributed by atoms with Crippen molar-refractivity contribution in [2.75, 3.05) is 39.3 Å². The van der Waals surface area contributed by atoms with Crippen molar-refractivity contribution < 1.29 is 56.7 Å². The van der Waals surface area contributed by atoms with E-state index >= 15 is 0 Å². The number of hydrogen-bond acceptors (Lipinski definition) is 6. The van der Waals surface area contributed by atoms with Crippen molar-refractivity contribution in [3.63, 3.8) is 0 Å². The maximum absolute atomic E-state index is 10.6. The molecule has 0 atom stereocenters. The second-order valence-electron chi connectivity index (χ2n) is 4.00. The van der Waals surface area contributed by atoms with Gasteiger partial charge in [-0.15, -0.1) is 0 Å². The first-order valence-electron chi connectivity index (χ1n) is 5.52. The van der Waals surface area contributed by atoms with Crippen LogP contribution in [0.1, 0.15) is 0 Å². The molecule has 0 aliphatic carbocycles. The molecule has 0 aromatic carbocycles. The van der Waals surface area contributed by atoms with Crippen molar-refractivity contribution in [1.82, 2.24) is 9.80 Å². The van der Waals surface area contributed by atoms with Gasteiger partial charge < -0.3 is 20.4 Å². The SMILES string of the molecule is O=C(O)CN(CCN(CC(=O)O)CC(=O)O)CC(=O)O.[K].[K].[Mn]. The van der Waals surface area contributed by atoms with Crippen LogP contribution in [-0.4, -0.2) is 196 Å². The summed E-state index contributed by atoms with van der Waals surface area (Å²) in [5.41, 5.74) is 0. The number of carboxylic acid groups (broad SMARTS) is 4. The van der Waals surface area contributed by atoms with Crippen LogP contribution in [0.5, 0.6) is 0 Å². The van der Waals surface area contributed by atoms with Crippen molar-refractivity contribution >= 4 is 127 Å². The zero-order chi connectivity index (χ0) is 15.7. The van der Waals surface area contributed by atoms with Crippen molar-refractivity contribution in [2.45, 2.75) is 0 Å². The second-order valence-corrected chi connectivity index (χ2v) is 4.00. The monoisotopic (exact) mass is 425 g/mol. The molecule has 0 unspecified atom stereocenters. The van der Waals surface area contributed by atoms with Gasteiger partial charge in [0.1, 0.15) is 0 Å². The van der Waals surface area contributed by atoms with Crippen molar-refractivity contribution in [3.05, 3.63) is 0 Å². The van der Waals surface area contributed by atoms with Crippen LogP contribution in [0.25, 0.3) is 0 Å². The second kappa shape index (κ2) is 18.4. The Morgan fingerprint density at radius 3 is 0.870 bits per heavy atom. The fourth-order valence-electron chi connectivity index (χ4n) is 1.48. The molecular formula is C10H16K2MnN2O8. The Balaban J connectivity index is -0.000000602.